The second-order valence-electron chi connectivity index (χ2n) is 4.13. The van der Waals surface area contributed by atoms with Gasteiger partial charge in [-0.3, -0.25) is 4.21 Å². The molecule has 1 aromatic rings. The number of nitrogens with one attached hydrogen (secondary N) is 1. The van der Waals surface area contributed by atoms with Crippen molar-refractivity contribution < 1.29 is 14.1 Å². The molecule has 4 N–H and O–H groups in total. The summed E-state index contributed by atoms with van der Waals surface area (Å²) in [6.07, 6.45) is 2.45. The number of carboxylic acid groups (broad SMARTS) is 1. The summed E-state index contributed by atoms with van der Waals surface area (Å²) in [7, 11) is -0.832. The molecule has 0 saturated heterocycles. The van der Waals surface area contributed by atoms with E-state index in [4.69, 9.17) is 10.8 Å². The summed E-state index contributed by atoms with van der Waals surface area (Å²) in [5.74, 6) is -0.997. The molecule has 0 fully saturated rings. The maximum Gasteiger partial charge on any atom is 0.335 e. The van der Waals surface area contributed by atoms with Crippen LogP contribution in [0.2, 0.25) is 0 Å². The number of carbonyl (C=O) groups is 1. The summed E-state index contributed by atoms with van der Waals surface area (Å²) in [6, 6.07) is 4.57. The van der Waals surface area contributed by atoms with Crippen LogP contribution < -0.4 is 11.1 Å². The number of nitrogen functional groups attached to an aromatic ring is 1. The quantitative estimate of drug-likeness (QED) is 0.682. The van der Waals surface area contributed by atoms with E-state index in [-0.39, 0.29) is 10.8 Å². The van der Waals surface area contributed by atoms with Crippen molar-refractivity contribution in [1.29, 1.82) is 0 Å². The Morgan fingerprint density at radius 2 is 2.22 bits per heavy atom. The molecule has 0 aliphatic heterocycles. The fraction of sp³-hybridized carbons (Fsp3) is 0.417. The predicted octanol–water partition coefficient (Wildman–Crippen LogP) is 1.54. The lowest BCUT2D eigenvalue weighted by molar-refractivity contribution is 0.0697. The highest BCUT2D eigenvalue weighted by atomic mass is 32.2. The van der Waals surface area contributed by atoms with Gasteiger partial charge in [-0.15, -0.1) is 0 Å². The van der Waals surface area contributed by atoms with E-state index in [1.165, 1.54) is 12.1 Å². The molecule has 5 nitrogen and oxygen atoms in total. The van der Waals surface area contributed by atoms with E-state index < -0.39 is 16.8 Å². The van der Waals surface area contributed by atoms with Crippen LogP contribution in [-0.2, 0) is 10.8 Å². The lowest BCUT2D eigenvalue weighted by Gasteiger charge is -2.12. The average Bonchev–Trinajstić information content (AvgIpc) is 2.30. The number of rotatable bonds is 6. The van der Waals surface area contributed by atoms with Gasteiger partial charge in [0.15, 0.2) is 0 Å². The zero-order valence-electron chi connectivity index (χ0n) is 10.5. The molecular weight excluding hydrogens is 252 g/mol. The lowest BCUT2D eigenvalue weighted by atomic mass is 10.1. The van der Waals surface area contributed by atoms with E-state index in [9.17, 15) is 9.00 Å². The van der Waals surface area contributed by atoms with Crippen LogP contribution in [-0.4, -0.2) is 33.3 Å². The molecule has 0 aliphatic carbocycles. The number of benzene rings is 1. The summed E-state index contributed by atoms with van der Waals surface area (Å²) in [6.45, 7) is 2.58. The second-order valence-corrected chi connectivity index (χ2v) is 5.93. The van der Waals surface area contributed by atoms with Gasteiger partial charge in [0.1, 0.15) is 0 Å². The van der Waals surface area contributed by atoms with Crippen LogP contribution in [0, 0.1) is 0 Å². The molecule has 1 rings (SSSR count). The standard InChI is InChI=1S/C12H18N2O3S/c1-8(18(2)17)5-6-14-11-4-3-9(12(15)16)7-10(11)13/h3-4,7-8,14H,5-6,13H2,1-2H3,(H,15,16). The minimum absolute atomic E-state index is 0.122. The Morgan fingerprint density at radius 3 is 2.72 bits per heavy atom. The van der Waals surface area contributed by atoms with Crippen molar-refractivity contribution in [2.24, 2.45) is 0 Å². The molecule has 1 aromatic carbocycles. The number of aromatic carboxylic acids is 1. The van der Waals surface area contributed by atoms with Crippen LogP contribution in [0.1, 0.15) is 23.7 Å². The fourth-order valence-corrected chi connectivity index (χ4v) is 1.88. The molecule has 6 heteroatoms. The van der Waals surface area contributed by atoms with Gasteiger partial charge in [-0.2, -0.15) is 0 Å². The number of hydrogen-bond donors (Lipinski definition) is 3. The Kier molecular flexibility index (Phi) is 5.15. The maximum absolute atomic E-state index is 11.2. The smallest absolute Gasteiger partial charge is 0.335 e. The van der Waals surface area contributed by atoms with Gasteiger partial charge in [0.25, 0.3) is 0 Å². The summed E-state index contributed by atoms with van der Waals surface area (Å²) in [4.78, 5) is 10.7. The average molecular weight is 270 g/mol. The molecule has 2 unspecified atom stereocenters. The van der Waals surface area contributed by atoms with Crippen LogP contribution in [0.5, 0.6) is 0 Å². The number of carboxylic acids is 1. The molecule has 0 bridgehead atoms. The molecule has 0 heterocycles. The van der Waals surface area contributed by atoms with Crippen molar-refractivity contribution in [3.05, 3.63) is 23.8 Å². The van der Waals surface area contributed by atoms with Crippen molar-refractivity contribution in [1.82, 2.24) is 0 Å². The third-order valence-corrected chi connectivity index (χ3v) is 4.10. The van der Waals surface area contributed by atoms with E-state index in [2.05, 4.69) is 5.32 Å². The van der Waals surface area contributed by atoms with Gasteiger partial charge in [0, 0.05) is 28.9 Å². The Balaban J connectivity index is 2.58. The monoisotopic (exact) mass is 270 g/mol. The Hall–Kier alpha value is -1.56. The zero-order valence-corrected chi connectivity index (χ0v) is 11.3. The normalized spacial score (nSPS) is 13.9. The van der Waals surface area contributed by atoms with Gasteiger partial charge < -0.3 is 16.2 Å². The highest BCUT2D eigenvalue weighted by Crippen LogP contribution is 2.20. The summed E-state index contributed by atoms with van der Waals surface area (Å²) >= 11 is 0. The van der Waals surface area contributed by atoms with Gasteiger partial charge in [-0.1, -0.05) is 6.92 Å². The van der Waals surface area contributed by atoms with E-state index in [0.717, 1.165) is 6.42 Å². The van der Waals surface area contributed by atoms with Crippen LogP contribution in [0.15, 0.2) is 18.2 Å². The first-order valence-electron chi connectivity index (χ1n) is 5.60. The molecule has 0 radical (unpaired) electrons. The van der Waals surface area contributed by atoms with E-state index in [1.807, 2.05) is 6.92 Å². The number of nitrogens with two attached hydrogens (primary N) is 1. The molecular formula is C12H18N2O3S. The third kappa shape index (κ3) is 4.03. The Bertz CT molecular complexity index is 463. The van der Waals surface area contributed by atoms with Crippen molar-refractivity contribution in [3.8, 4) is 0 Å². The number of anilines is 2. The first-order chi connectivity index (χ1) is 8.41. The number of hydrogen-bond acceptors (Lipinski definition) is 4. The van der Waals surface area contributed by atoms with Crippen molar-refractivity contribution >= 4 is 28.1 Å². The largest absolute Gasteiger partial charge is 0.478 e. The van der Waals surface area contributed by atoms with Gasteiger partial charge >= 0.3 is 5.97 Å². The van der Waals surface area contributed by atoms with Crippen molar-refractivity contribution in [2.45, 2.75) is 18.6 Å². The highest BCUT2D eigenvalue weighted by molar-refractivity contribution is 7.84. The maximum atomic E-state index is 11.2. The molecule has 0 amide bonds. The van der Waals surface area contributed by atoms with Crippen LogP contribution >= 0.6 is 0 Å². The third-order valence-electron chi connectivity index (χ3n) is 2.73. The minimum atomic E-state index is -0.997. The Morgan fingerprint density at radius 1 is 1.56 bits per heavy atom. The predicted molar refractivity (Wildman–Crippen MR) is 74.4 cm³/mol. The zero-order chi connectivity index (χ0) is 13.7. The molecule has 0 saturated carbocycles. The van der Waals surface area contributed by atoms with E-state index in [0.29, 0.717) is 17.9 Å². The second kappa shape index (κ2) is 6.39. The van der Waals surface area contributed by atoms with Crippen molar-refractivity contribution in [2.75, 3.05) is 23.9 Å². The molecule has 0 spiro atoms. The molecule has 2 atom stereocenters. The first kappa shape index (κ1) is 14.5. The molecule has 18 heavy (non-hydrogen) atoms. The minimum Gasteiger partial charge on any atom is -0.478 e. The highest BCUT2D eigenvalue weighted by Gasteiger charge is 2.08. The Labute approximate surface area is 109 Å². The van der Waals surface area contributed by atoms with Crippen molar-refractivity contribution in [3.63, 3.8) is 0 Å². The molecule has 0 aromatic heterocycles. The topological polar surface area (TPSA) is 92.4 Å². The summed E-state index contributed by atoms with van der Waals surface area (Å²) in [5, 5.41) is 12.0. The van der Waals surface area contributed by atoms with Crippen LogP contribution in [0.3, 0.4) is 0 Å². The van der Waals surface area contributed by atoms with E-state index in [1.54, 1.807) is 12.3 Å². The summed E-state index contributed by atoms with van der Waals surface area (Å²) in [5.41, 5.74) is 7.02. The summed E-state index contributed by atoms with van der Waals surface area (Å²) < 4.78 is 11.2. The molecule has 0 aliphatic rings. The van der Waals surface area contributed by atoms with Gasteiger partial charge in [-0.05, 0) is 24.6 Å². The lowest BCUT2D eigenvalue weighted by Crippen LogP contribution is -2.15. The first-order valence-corrected chi connectivity index (χ1v) is 7.23. The van der Waals surface area contributed by atoms with Crippen LogP contribution in [0.25, 0.3) is 0 Å². The fourth-order valence-electron chi connectivity index (χ4n) is 1.43. The van der Waals surface area contributed by atoms with Gasteiger partial charge in [-0.25, -0.2) is 4.79 Å². The van der Waals surface area contributed by atoms with E-state index >= 15 is 0 Å². The van der Waals surface area contributed by atoms with Gasteiger partial charge in [0.2, 0.25) is 0 Å². The SMILES string of the molecule is CC(CCNc1ccc(C(=O)O)cc1N)S(C)=O. The van der Waals surface area contributed by atoms with Crippen LogP contribution in [0.4, 0.5) is 11.4 Å². The molecule has 100 valence electrons. The van der Waals surface area contributed by atoms with Gasteiger partial charge in [0.05, 0.1) is 16.9 Å².